The van der Waals surface area contributed by atoms with Gasteiger partial charge in [-0.15, -0.1) is 0 Å². The molecule has 1 radical (unpaired) electrons. The number of rotatable bonds is 0. The van der Waals surface area contributed by atoms with Crippen LogP contribution in [0.5, 0.6) is 0 Å². The second kappa shape index (κ2) is 3.09. The van der Waals surface area contributed by atoms with Gasteiger partial charge in [0.2, 0.25) is 0 Å². The van der Waals surface area contributed by atoms with E-state index in [4.69, 9.17) is 0 Å². The van der Waals surface area contributed by atoms with Gasteiger partial charge in [0.25, 0.3) is 0 Å². The van der Waals surface area contributed by atoms with Gasteiger partial charge in [0.05, 0.1) is 0 Å². The molecule has 0 aliphatic carbocycles. The van der Waals surface area contributed by atoms with Gasteiger partial charge in [0, 0.05) is 0 Å². The summed E-state index contributed by atoms with van der Waals surface area (Å²) < 4.78 is 0. The number of hydrogen-bond donors (Lipinski definition) is 0. The number of fused-ring (bicyclic) bond motifs is 2. The third-order valence-electron chi connectivity index (χ3n) is 2.78. The van der Waals surface area contributed by atoms with Crippen LogP contribution in [0.15, 0.2) is 48.5 Å². The normalized spacial score (nSPS) is 11.0. The van der Waals surface area contributed by atoms with Gasteiger partial charge in [-0.1, -0.05) is 30.3 Å². The highest BCUT2D eigenvalue weighted by atomic mass is 14.0. The fraction of sp³-hybridized carbons (Fsp3) is 0.0667. The molecule has 3 aromatic carbocycles. The molecule has 3 aromatic rings. The molecular weight excluding hydrogens is 180 g/mol. The third-order valence-corrected chi connectivity index (χ3v) is 2.78. The maximum Gasteiger partial charge on any atom is -0.0145 e. The number of aryl methyl sites for hydroxylation is 1. The molecule has 71 valence electrons. The largest absolute Gasteiger partial charge is 0.0616 e. The van der Waals surface area contributed by atoms with Crippen molar-refractivity contribution in [2.45, 2.75) is 6.92 Å². The Labute approximate surface area is 89.2 Å². The first-order valence-electron chi connectivity index (χ1n) is 5.14. The minimum absolute atomic E-state index is 1.19. The maximum absolute atomic E-state index is 3.24. The molecule has 0 aliphatic heterocycles. The van der Waals surface area contributed by atoms with Crippen LogP contribution in [0.25, 0.3) is 21.5 Å². The molecule has 0 amide bonds. The summed E-state index contributed by atoms with van der Waals surface area (Å²) in [6, 6.07) is 20.4. The smallest absolute Gasteiger partial charge is 0.0145 e. The van der Waals surface area contributed by atoms with Gasteiger partial charge in [-0.05, 0) is 58.3 Å². The zero-order valence-corrected chi connectivity index (χ0v) is 8.62. The van der Waals surface area contributed by atoms with Crippen molar-refractivity contribution in [2.24, 2.45) is 0 Å². The van der Waals surface area contributed by atoms with Gasteiger partial charge < -0.3 is 0 Å². The van der Waals surface area contributed by atoms with Crippen molar-refractivity contribution in [2.75, 3.05) is 0 Å². The van der Waals surface area contributed by atoms with E-state index < -0.39 is 0 Å². The molecule has 0 fully saturated rings. The van der Waals surface area contributed by atoms with E-state index in [0.29, 0.717) is 0 Å². The summed E-state index contributed by atoms with van der Waals surface area (Å²) in [6.07, 6.45) is 0. The second-order valence-corrected chi connectivity index (χ2v) is 3.94. The number of benzene rings is 3. The standard InChI is InChI=1S/C15H11/c1-11-6-7-14-9-12-4-2-3-5-13(12)10-15(14)8-11/h2-5,7-10H,1H3. The van der Waals surface area contributed by atoms with Gasteiger partial charge in [0.15, 0.2) is 0 Å². The summed E-state index contributed by atoms with van der Waals surface area (Å²) >= 11 is 0. The highest BCUT2D eigenvalue weighted by molar-refractivity contribution is 5.98. The van der Waals surface area contributed by atoms with E-state index in [0.717, 1.165) is 0 Å². The molecule has 0 saturated heterocycles. The Morgan fingerprint density at radius 2 is 1.47 bits per heavy atom. The Hall–Kier alpha value is -1.82. The van der Waals surface area contributed by atoms with Crippen LogP contribution in [0.3, 0.4) is 0 Å². The van der Waals surface area contributed by atoms with Crippen molar-refractivity contribution < 1.29 is 0 Å². The summed E-state index contributed by atoms with van der Waals surface area (Å²) in [7, 11) is 0. The Kier molecular flexibility index (Phi) is 1.75. The lowest BCUT2D eigenvalue weighted by atomic mass is 10.0. The lowest BCUT2D eigenvalue weighted by Gasteiger charge is -2.02. The topological polar surface area (TPSA) is 0 Å². The zero-order chi connectivity index (χ0) is 10.3. The van der Waals surface area contributed by atoms with Gasteiger partial charge in [0.1, 0.15) is 0 Å². The highest BCUT2D eigenvalue weighted by Crippen LogP contribution is 2.23. The highest BCUT2D eigenvalue weighted by Gasteiger charge is 1.97. The van der Waals surface area contributed by atoms with Gasteiger partial charge in [-0.25, -0.2) is 0 Å². The molecule has 0 heteroatoms. The van der Waals surface area contributed by atoms with E-state index in [2.05, 4.69) is 61.5 Å². The molecule has 0 spiro atoms. The minimum Gasteiger partial charge on any atom is -0.0616 e. The van der Waals surface area contributed by atoms with Crippen molar-refractivity contribution >= 4 is 21.5 Å². The summed E-state index contributed by atoms with van der Waals surface area (Å²) in [5, 5.41) is 5.15. The lowest BCUT2D eigenvalue weighted by Crippen LogP contribution is -1.77. The van der Waals surface area contributed by atoms with Crippen LogP contribution in [0, 0.1) is 13.0 Å². The Morgan fingerprint density at radius 1 is 0.800 bits per heavy atom. The van der Waals surface area contributed by atoms with E-state index in [1.54, 1.807) is 0 Å². The maximum atomic E-state index is 3.24. The van der Waals surface area contributed by atoms with Crippen LogP contribution in [0.2, 0.25) is 0 Å². The van der Waals surface area contributed by atoms with Gasteiger partial charge >= 0.3 is 0 Å². The molecule has 15 heavy (non-hydrogen) atoms. The van der Waals surface area contributed by atoms with Crippen LogP contribution >= 0.6 is 0 Å². The molecule has 0 aliphatic rings. The van der Waals surface area contributed by atoms with Crippen LogP contribution < -0.4 is 0 Å². The molecule has 0 bridgehead atoms. The van der Waals surface area contributed by atoms with Crippen molar-refractivity contribution in [3.63, 3.8) is 0 Å². The molecule has 0 atom stereocenters. The molecule has 0 N–H and O–H groups in total. The van der Waals surface area contributed by atoms with Crippen molar-refractivity contribution in [3.05, 3.63) is 60.2 Å². The van der Waals surface area contributed by atoms with Crippen molar-refractivity contribution in [1.29, 1.82) is 0 Å². The van der Waals surface area contributed by atoms with Gasteiger partial charge in [-0.3, -0.25) is 0 Å². The molecule has 3 rings (SSSR count). The quantitative estimate of drug-likeness (QED) is 0.469. The molecule has 0 saturated carbocycles. The predicted molar refractivity (Wildman–Crippen MR) is 65.0 cm³/mol. The van der Waals surface area contributed by atoms with E-state index in [9.17, 15) is 0 Å². The first-order chi connectivity index (χ1) is 7.33. The molecule has 0 nitrogen and oxygen atoms in total. The van der Waals surface area contributed by atoms with E-state index in [-0.39, 0.29) is 0 Å². The summed E-state index contributed by atoms with van der Waals surface area (Å²) in [5.74, 6) is 0. The Bertz CT molecular complexity index is 636. The first-order valence-corrected chi connectivity index (χ1v) is 5.14. The molecule has 0 unspecified atom stereocenters. The molecule has 0 aromatic heterocycles. The summed E-state index contributed by atoms with van der Waals surface area (Å²) in [4.78, 5) is 0. The average molecular weight is 191 g/mol. The monoisotopic (exact) mass is 191 g/mol. The summed E-state index contributed by atoms with van der Waals surface area (Å²) in [6.45, 7) is 2.08. The van der Waals surface area contributed by atoms with Crippen molar-refractivity contribution in [1.82, 2.24) is 0 Å². The van der Waals surface area contributed by atoms with Crippen LogP contribution in [0.1, 0.15) is 5.56 Å². The first kappa shape index (κ1) is 8.49. The lowest BCUT2D eigenvalue weighted by molar-refractivity contribution is 1.50. The number of hydrogen-bond acceptors (Lipinski definition) is 0. The van der Waals surface area contributed by atoms with E-state index in [1.165, 1.54) is 27.1 Å². The fourth-order valence-corrected chi connectivity index (χ4v) is 1.99. The van der Waals surface area contributed by atoms with Gasteiger partial charge in [-0.2, -0.15) is 0 Å². The van der Waals surface area contributed by atoms with Crippen LogP contribution in [-0.4, -0.2) is 0 Å². The zero-order valence-electron chi connectivity index (χ0n) is 8.62. The Balaban J connectivity index is 2.47. The summed E-state index contributed by atoms with van der Waals surface area (Å²) in [5.41, 5.74) is 1.19. The van der Waals surface area contributed by atoms with Crippen LogP contribution in [-0.2, 0) is 0 Å². The minimum atomic E-state index is 1.19. The van der Waals surface area contributed by atoms with E-state index >= 15 is 0 Å². The van der Waals surface area contributed by atoms with Crippen molar-refractivity contribution in [3.8, 4) is 0 Å². The fourth-order valence-electron chi connectivity index (χ4n) is 1.99. The second-order valence-electron chi connectivity index (χ2n) is 3.94. The van der Waals surface area contributed by atoms with Crippen LogP contribution in [0.4, 0.5) is 0 Å². The third kappa shape index (κ3) is 1.39. The molecular formula is C15H11. The average Bonchev–Trinajstić information content (AvgIpc) is 2.26. The SMILES string of the molecule is Cc1[c]cc2cc3ccccc3cc2c1. The van der Waals surface area contributed by atoms with E-state index in [1.807, 2.05) is 0 Å². The predicted octanol–water partition coefficient (Wildman–Crippen LogP) is 4.10. The molecule has 0 heterocycles. The Morgan fingerprint density at radius 3 is 2.20 bits per heavy atom.